The van der Waals surface area contributed by atoms with Crippen molar-refractivity contribution in [2.45, 2.75) is 20.3 Å². The van der Waals surface area contributed by atoms with Crippen molar-refractivity contribution in [3.05, 3.63) is 59.5 Å². The fourth-order valence-electron chi connectivity index (χ4n) is 2.63. The summed E-state index contributed by atoms with van der Waals surface area (Å²) >= 11 is 0. The predicted octanol–water partition coefficient (Wildman–Crippen LogP) is 3.47. The molecule has 1 N–H and O–H groups in total. The number of amides is 1. The van der Waals surface area contributed by atoms with Crippen molar-refractivity contribution in [2.75, 3.05) is 12.4 Å². The van der Waals surface area contributed by atoms with Gasteiger partial charge in [0.2, 0.25) is 0 Å². The van der Waals surface area contributed by atoms with E-state index >= 15 is 0 Å². The van der Waals surface area contributed by atoms with Gasteiger partial charge in [-0.2, -0.15) is 0 Å². The molecule has 0 aliphatic rings. The number of carbonyl (C=O) groups is 1. The first-order chi connectivity index (χ1) is 11.2. The van der Waals surface area contributed by atoms with Gasteiger partial charge in [-0.3, -0.25) is 9.20 Å². The number of pyridine rings is 1. The van der Waals surface area contributed by atoms with Gasteiger partial charge in [0.05, 0.1) is 12.8 Å². The van der Waals surface area contributed by atoms with E-state index in [4.69, 9.17) is 4.74 Å². The number of hydrogen-bond donors (Lipinski definition) is 1. The SMILES string of the molecule is CCc1nc2c(OC)cccn2c1C(=O)Nc1ccccc1C. The molecule has 0 unspecified atom stereocenters. The maximum atomic E-state index is 12.8. The molecule has 0 atom stereocenters. The summed E-state index contributed by atoms with van der Waals surface area (Å²) in [5.74, 6) is 0.481. The first-order valence-corrected chi connectivity index (χ1v) is 7.56. The molecule has 0 aliphatic carbocycles. The Balaban J connectivity index is 2.08. The molecule has 0 bridgehead atoms. The van der Waals surface area contributed by atoms with Crippen molar-refractivity contribution in [3.63, 3.8) is 0 Å². The number of imidazole rings is 1. The molecule has 1 amide bonds. The summed E-state index contributed by atoms with van der Waals surface area (Å²) in [5, 5.41) is 2.98. The number of carbonyl (C=O) groups excluding carboxylic acids is 1. The minimum Gasteiger partial charge on any atom is -0.493 e. The van der Waals surface area contributed by atoms with Gasteiger partial charge >= 0.3 is 0 Å². The quantitative estimate of drug-likeness (QED) is 0.803. The molecule has 0 fully saturated rings. The summed E-state index contributed by atoms with van der Waals surface area (Å²) < 4.78 is 7.13. The maximum Gasteiger partial charge on any atom is 0.274 e. The average Bonchev–Trinajstić information content (AvgIpc) is 2.95. The normalized spacial score (nSPS) is 10.7. The monoisotopic (exact) mass is 309 g/mol. The van der Waals surface area contributed by atoms with Crippen LogP contribution in [0.25, 0.3) is 5.65 Å². The lowest BCUT2D eigenvalue weighted by Crippen LogP contribution is -2.16. The number of ether oxygens (including phenoxy) is 1. The highest BCUT2D eigenvalue weighted by molar-refractivity contribution is 6.05. The second kappa shape index (κ2) is 6.12. The molecule has 5 heteroatoms. The molecule has 2 aromatic heterocycles. The molecule has 0 saturated heterocycles. The van der Waals surface area contributed by atoms with E-state index in [1.165, 1.54) is 0 Å². The minimum atomic E-state index is -0.170. The number of anilines is 1. The summed E-state index contributed by atoms with van der Waals surface area (Å²) in [6.07, 6.45) is 2.50. The lowest BCUT2D eigenvalue weighted by molar-refractivity contribution is 0.102. The van der Waals surface area contributed by atoms with Crippen molar-refractivity contribution >= 4 is 17.2 Å². The Morgan fingerprint density at radius 1 is 1.26 bits per heavy atom. The Morgan fingerprint density at radius 2 is 2.04 bits per heavy atom. The number of para-hydroxylation sites is 1. The molecule has 23 heavy (non-hydrogen) atoms. The van der Waals surface area contributed by atoms with E-state index < -0.39 is 0 Å². The number of aryl methyl sites for hydroxylation is 2. The fourth-order valence-corrected chi connectivity index (χ4v) is 2.63. The van der Waals surface area contributed by atoms with E-state index in [1.54, 1.807) is 11.5 Å². The number of rotatable bonds is 4. The molecule has 118 valence electrons. The van der Waals surface area contributed by atoms with Crippen LogP contribution in [0.3, 0.4) is 0 Å². The summed E-state index contributed by atoms with van der Waals surface area (Å²) in [5.41, 5.74) is 3.77. The van der Waals surface area contributed by atoms with Gasteiger partial charge in [-0.1, -0.05) is 25.1 Å². The van der Waals surface area contributed by atoms with Crippen molar-refractivity contribution in [3.8, 4) is 5.75 Å². The smallest absolute Gasteiger partial charge is 0.274 e. The third-order valence-electron chi connectivity index (χ3n) is 3.85. The van der Waals surface area contributed by atoms with Gasteiger partial charge in [-0.15, -0.1) is 0 Å². The first-order valence-electron chi connectivity index (χ1n) is 7.56. The van der Waals surface area contributed by atoms with Crippen LogP contribution in [0.1, 0.15) is 28.7 Å². The number of aromatic nitrogens is 2. The second-order valence-electron chi connectivity index (χ2n) is 5.30. The number of methoxy groups -OCH3 is 1. The van der Waals surface area contributed by atoms with Gasteiger partial charge in [0, 0.05) is 11.9 Å². The number of nitrogens with one attached hydrogen (secondary N) is 1. The fraction of sp³-hybridized carbons (Fsp3) is 0.222. The summed E-state index contributed by atoms with van der Waals surface area (Å²) in [6, 6.07) is 11.4. The summed E-state index contributed by atoms with van der Waals surface area (Å²) in [4.78, 5) is 17.4. The Labute approximate surface area is 134 Å². The topological polar surface area (TPSA) is 55.6 Å². The number of nitrogens with zero attached hydrogens (tertiary/aromatic N) is 2. The van der Waals surface area contributed by atoms with Crippen LogP contribution in [0, 0.1) is 6.92 Å². The summed E-state index contributed by atoms with van der Waals surface area (Å²) in [6.45, 7) is 3.95. The highest BCUT2D eigenvalue weighted by atomic mass is 16.5. The molecule has 0 aliphatic heterocycles. The van der Waals surface area contributed by atoms with Crippen molar-refractivity contribution in [2.24, 2.45) is 0 Å². The maximum absolute atomic E-state index is 12.8. The van der Waals surface area contributed by atoms with E-state index in [-0.39, 0.29) is 5.91 Å². The lowest BCUT2D eigenvalue weighted by atomic mass is 10.2. The van der Waals surface area contributed by atoms with E-state index in [1.807, 2.05) is 56.4 Å². The van der Waals surface area contributed by atoms with Crippen LogP contribution in [-0.4, -0.2) is 22.4 Å². The second-order valence-corrected chi connectivity index (χ2v) is 5.30. The first kappa shape index (κ1) is 15.1. The minimum absolute atomic E-state index is 0.170. The average molecular weight is 309 g/mol. The zero-order chi connectivity index (χ0) is 16.4. The van der Waals surface area contributed by atoms with Crippen LogP contribution in [0.5, 0.6) is 5.75 Å². The van der Waals surface area contributed by atoms with E-state index in [0.717, 1.165) is 16.9 Å². The van der Waals surface area contributed by atoms with Crippen molar-refractivity contribution < 1.29 is 9.53 Å². The van der Waals surface area contributed by atoms with Crippen LogP contribution >= 0.6 is 0 Å². The zero-order valence-electron chi connectivity index (χ0n) is 13.5. The highest BCUT2D eigenvalue weighted by Crippen LogP contribution is 2.23. The molecule has 0 saturated carbocycles. The van der Waals surface area contributed by atoms with Gasteiger partial charge in [0.1, 0.15) is 5.69 Å². The van der Waals surface area contributed by atoms with Crippen molar-refractivity contribution in [1.29, 1.82) is 0 Å². The predicted molar refractivity (Wildman–Crippen MR) is 90.3 cm³/mol. The highest BCUT2D eigenvalue weighted by Gasteiger charge is 2.20. The number of benzene rings is 1. The molecule has 1 aromatic carbocycles. The third-order valence-corrected chi connectivity index (χ3v) is 3.85. The van der Waals surface area contributed by atoms with Crippen LogP contribution in [0.15, 0.2) is 42.6 Å². The van der Waals surface area contributed by atoms with E-state index in [2.05, 4.69) is 10.3 Å². The Hall–Kier alpha value is -2.82. The van der Waals surface area contributed by atoms with Gasteiger partial charge in [0.25, 0.3) is 5.91 Å². The van der Waals surface area contributed by atoms with Crippen LogP contribution < -0.4 is 10.1 Å². The standard InChI is InChI=1S/C18H19N3O2/c1-4-13-16(18(22)20-14-9-6-5-8-12(14)2)21-11-7-10-15(23-3)17(21)19-13/h5-11H,4H2,1-3H3,(H,20,22). The van der Waals surface area contributed by atoms with E-state index in [0.29, 0.717) is 23.5 Å². The lowest BCUT2D eigenvalue weighted by Gasteiger charge is -2.09. The van der Waals surface area contributed by atoms with Crippen molar-refractivity contribution in [1.82, 2.24) is 9.38 Å². The molecule has 3 rings (SSSR count). The van der Waals surface area contributed by atoms with Crippen LogP contribution in [0.4, 0.5) is 5.69 Å². The van der Waals surface area contributed by atoms with E-state index in [9.17, 15) is 4.79 Å². The van der Waals surface area contributed by atoms with Gasteiger partial charge in [0.15, 0.2) is 11.4 Å². The van der Waals surface area contributed by atoms with Crippen LogP contribution in [-0.2, 0) is 6.42 Å². The van der Waals surface area contributed by atoms with Gasteiger partial charge < -0.3 is 10.1 Å². The Kier molecular flexibility index (Phi) is 4.02. The Morgan fingerprint density at radius 3 is 2.74 bits per heavy atom. The Bertz CT molecular complexity index is 868. The molecule has 5 nitrogen and oxygen atoms in total. The van der Waals surface area contributed by atoms with Gasteiger partial charge in [-0.25, -0.2) is 4.98 Å². The largest absolute Gasteiger partial charge is 0.493 e. The number of hydrogen-bond acceptors (Lipinski definition) is 3. The third kappa shape index (κ3) is 2.65. The van der Waals surface area contributed by atoms with Gasteiger partial charge in [-0.05, 0) is 37.1 Å². The summed E-state index contributed by atoms with van der Waals surface area (Å²) in [7, 11) is 1.60. The molecule has 0 spiro atoms. The van der Waals surface area contributed by atoms with Crippen LogP contribution in [0.2, 0.25) is 0 Å². The molecular weight excluding hydrogens is 290 g/mol. The molecule has 0 radical (unpaired) electrons. The molecule has 3 aromatic rings. The molecule has 2 heterocycles. The zero-order valence-corrected chi connectivity index (χ0v) is 13.5. The molecular formula is C18H19N3O2. The number of fused-ring (bicyclic) bond motifs is 1.